The Bertz CT molecular complexity index is 317. The van der Waals surface area contributed by atoms with Gasteiger partial charge in [0.1, 0.15) is 12.0 Å². The normalized spacial score (nSPS) is 57.8. The molecule has 3 rings (SSSR count). The molecule has 5 heteroatoms. The van der Waals surface area contributed by atoms with Crippen LogP contribution in [0.5, 0.6) is 0 Å². The van der Waals surface area contributed by atoms with Crippen LogP contribution in [0.3, 0.4) is 0 Å². The van der Waals surface area contributed by atoms with Gasteiger partial charge in [0, 0.05) is 5.92 Å². The lowest BCUT2D eigenvalue weighted by atomic mass is 9.76. The summed E-state index contributed by atoms with van der Waals surface area (Å²) in [5.74, 6) is -1.42. The molecule has 0 aromatic rings. The number of hydrogen-bond donors (Lipinski definition) is 2. The van der Waals surface area contributed by atoms with E-state index < -0.39 is 23.8 Å². The number of carbonyl (C=O) groups excluding carboxylic acids is 1. The Morgan fingerprint density at radius 3 is 3.00 bits per heavy atom. The van der Waals surface area contributed by atoms with Gasteiger partial charge in [0.2, 0.25) is 0 Å². The first-order valence-electron chi connectivity index (χ1n) is 5.26. The molecule has 2 aliphatic heterocycles. The van der Waals surface area contributed by atoms with Crippen LogP contribution in [0, 0.1) is 17.8 Å². The Morgan fingerprint density at radius 1 is 1.53 bits per heavy atom. The smallest absolute Gasteiger partial charge is 0.314 e. The monoisotopic (exact) mass is 214 g/mol. The van der Waals surface area contributed by atoms with E-state index in [4.69, 9.17) is 9.47 Å². The SMILES string of the molecule is C[C@H]1C[C@@H]2OC(=O)[C@H]3[C@@H]2[C@]1(O)CO[C@@H]3O. The lowest BCUT2D eigenvalue weighted by Gasteiger charge is -2.40. The van der Waals surface area contributed by atoms with Crippen molar-refractivity contribution in [2.24, 2.45) is 17.8 Å². The van der Waals surface area contributed by atoms with Crippen LogP contribution in [0.4, 0.5) is 0 Å². The first-order chi connectivity index (χ1) is 7.04. The zero-order chi connectivity index (χ0) is 10.8. The van der Waals surface area contributed by atoms with Crippen LogP contribution in [-0.2, 0) is 14.3 Å². The average Bonchev–Trinajstić information content (AvgIpc) is 2.61. The van der Waals surface area contributed by atoms with Crippen molar-refractivity contribution in [3.8, 4) is 0 Å². The fraction of sp³-hybridized carbons (Fsp3) is 0.900. The molecule has 6 atom stereocenters. The molecule has 0 bridgehead atoms. The highest BCUT2D eigenvalue weighted by Gasteiger charge is 2.66. The summed E-state index contributed by atoms with van der Waals surface area (Å²) in [6, 6.07) is 0. The topological polar surface area (TPSA) is 76.0 Å². The summed E-state index contributed by atoms with van der Waals surface area (Å²) in [5.41, 5.74) is -1.01. The third kappa shape index (κ3) is 1.01. The molecule has 2 saturated heterocycles. The molecule has 0 spiro atoms. The summed E-state index contributed by atoms with van der Waals surface area (Å²) in [4.78, 5) is 11.5. The van der Waals surface area contributed by atoms with Crippen LogP contribution < -0.4 is 0 Å². The molecule has 84 valence electrons. The molecule has 15 heavy (non-hydrogen) atoms. The Kier molecular flexibility index (Phi) is 1.74. The van der Waals surface area contributed by atoms with Gasteiger partial charge in [0.15, 0.2) is 6.29 Å². The second-order valence-electron chi connectivity index (χ2n) is 4.86. The van der Waals surface area contributed by atoms with E-state index in [0.717, 1.165) is 0 Å². The van der Waals surface area contributed by atoms with Gasteiger partial charge in [-0.15, -0.1) is 0 Å². The number of rotatable bonds is 0. The number of ether oxygens (including phenoxy) is 2. The highest BCUT2D eigenvalue weighted by atomic mass is 16.6. The van der Waals surface area contributed by atoms with Crippen LogP contribution >= 0.6 is 0 Å². The summed E-state index contributed by atoms with van der Waals surface area (Å²) in [7, 11) is 0. The molecule has 0 aromatic heterocycles. The van der Waals surface area contributed by atoms with Gasteiger partial charge >= 0.3 is 5.97 Å². The quantitative estimate of drug-likeness (QED) is 0.520. The van der Waals surface area contributed by atoms with Gasteiger partial charge < -0.3 is 19.7 Å². The molecule has 3 aliphatic rings. The molecular weight excluding hydrogens is 200 g/mol. The molecule has 0 radical (unpaired) electrons. The lowest BCUT2D eigenvalue weighted by molar-refractivity contribution is -0.240. The van der Waals surface area contributed by atoms with Crippen molar-refractivity contribution >= 4 is 5.97 Å². The maximum absolute atomic E-state index is 11.5. The summed E-state index contributed by atoms with van der Waals surface area (Å²) < 4.78 is 10.2. The van der Waals surface area contributed by atoms with Crippen molar-refractivity contribution in [3.05, 3.63) is 0 Å². The molecule has 0 amide bonds. The molecule has 2 heterocycles. The zero-order valence-corrected chi connectivity index (χ0v) is 8.42. The first-order valence-corrected chi connectivity index (χ1v) is 5.26. The molecule has 3 fully saturated rings. The third-order valence-corrected chi connectivity index (χ3v) is 4.14. The minimum Gasteiger partial charge on any atom is -0.462 e. The van der Waals surface area contributed by atoms with E-state index in [-0.39, 0.29) is 24.5 Å². The predicted molar refractivity (Wildman–Crippen MR) is 47.5 cm³/mol. The van der Waals surface area contributed by atoms with Crippen molar-refractivity contribution in [1.29, 1.82) is 0 Å². The van der Waals surface area contributed by atoms with E-state index in [2.05, 4.69) is 0 Å². The number of hydrogen-bond acceptors (Lipinski definition) is 5. The fourth-order valence-electron chi connectivity index (χ4n) is 3.24. The largest absolute Gasteiger partial charge is 0.462 e. The summed E-state index contributed by atoms with van der Waals surface area (Å²) in [6.07, 6.45) is -0.724. The molecular formula is C10H14O5. The van der Waals surface area contributed by atoms with Crippen LogP contribution in [0.25, 0.3) is 0 Å². The van der Waals surface area contributed by atoms with E-state index in [1.807, 2.05) is 6.92 Å². The number of aliphatic hydroxyl groups is 2. The number of esters is 1. The standard InChI is InChI=1S/C10H14O5/c1-4-2-5-7-6(9(12)15-5)8(11)14-3-10(4,7)13/h4-8,11,13H,2-3H2,1H3/t4-,5-,6-,7+,8-,10-/m0/s1. The van der Waals surface area contributed by atoms with E-state index in [0.29, 0.717) is 6.42 Å². The number of carbonyl (C=O) groups is 1. The van der Waals surface area contributed by atoms with Crippen molar-refractivity contribution in [1.82, 2.24) is 0 Å². The molecule has 1 aliphatic carbocycles. The highest BCUT2D eigenvalue weighted by molar-refractivity contribution is 5.76. The Labute approximate surface area is 87.0 Å². The Morgan fingerprint density at radius 2 is 2.27 bits per heavy atom. The maximum Gasteiger partial charge on any atom is 0.314 e. The maximum atomic E-state index is 11.5. The fourth-order valence-corrected chi connectivity index (χ4v) is 3.24. The average molecular weight is 214 g/mol. The van der Waals surface area contributed by atoms with E-state index in [1.165, 1.54) is 0 Å². The van der Waals surface area contributed by atoms with Crippen LogP contribution in [0.15, 0.2) is 0 Å². The molecule has 2 N–H and O–H groups in total. The molecule has 1 saturated carbocycles. The third-order valence-electron chi connectivity index (χ3n) is 4.14. The molecule has 5 nitrogen and oxygen atoms in total. The van der Waals surface area contributed by atoms with Crippen molar-refractivity contribution in [2.75, 3.05) is 6.61 Å². The van der Waals surface area contributed by atoms with Crippen LogP contribution in [-0.4, -0.2) is 40.8 Å². The highest BCUT2D eigenvalue weighted by Crippen LogP contribution is 2.53. The minimum absolute atomic E-state index is 0.0376. The Balaban J connectivity index is 2.03. The van der Waals surface area contributed by atoms with Gasteiger partial charge in [-0.2, -0.15) is 0 Å². The zero-order valence-electron chi connectivity index (χ0n) is 8.42. The summed E-state index contributed by atoms with van der Waals surface area (Å²) >= 11 is 0. The predicted octanol–water partition coefficient (Wildman–Crippen LogP) is -0.736. The van der Waals surface area contributed by atoms with Gasteiger partial charge in [-0.25, -0.2) is 0 Å². The van der Waals surface area contributed by atoms with E-state index >= 15 is 0 Å². The van der Waals surface area contributed by atoms with Crippen molar-refractivity contribution < 1.29 is 24.5 Å². The van der Waals surface area contributed by atoms with Gasteiger partial charge in [-0.1, -0.05) is 6.92 Å². The van der Waals surface area contributed by atoms with Gasteiger partial charge in [-0.05, 0) is 12.3 Å². The molecule has 0 aromatic carbocycles. The van der Waals surface area contributed by atoms with Gasteiger partial charge in [0.25, 0.3) is 0 Å². The van der Waals surface area contributed by atoms with Crippen LogP contribution in [0.1, 0.15) is 13.3 Å². The van der Waals surface area contributed by atoms with Gasteiger partial charge in [-0.3, -0.25) is 4.79 Å². The summed E-state index contributed by atoms with van der Waals surface area (Å²) in [5, 5.41) is 20.0. The van der Waals surface area contributed by atoms with E-state index in [9.17, 15) is 15.0 Å². The number of aliphatic hydroxyl groups excluding tert-OH is 1. The minimum atomic E-state index is -1.13. The second-order valence-corrected chi connectivity index (χ2v) is 4.86. The van der Waals surface area contributed by atoms with Gasteiger partial charge in [0.05, 0.1) is 12.2 Å². The van der Waals surface area contributed by atoms with E-state index in [1.54, 1.807) is 0 Å². The van der Waals surface area contributed by atoms with Crippen molar-refractivity contribution in [3.63, 3.8) is 0 Å². The first kappa shape index (κ1) is 9.57. The Hall–Kier alpha value is -0.650. The summed E-state index contributed by atoms with van der Waals surface area (Å²) in [6.45, 7) is 2.01. The second kappa shape index (κ2) is 2.72. The van der Waals surface area contributed by atoms with Crippen LogP contribution in [0.2, 0.25) is 0 Å². The van der Waals surface area contributed by atoms with Crippen molar-refractivity contribution in [2.45, 2.75) is 31.3 Å². The molecule has 0 unspecified atom stereocenters. The lowest BCUT2D eigenvalue weighted by Crippen LogP contribution is -2.55.